The molecule has 2 rings (SSSR count). The van der Waals surface area contributed by atoms with Gasteiger partial charge in [-0.1, -0.05) is 32.0 Å². The molecule has 3 heteroatoms. The third-order valence-electron chi connectivity index (χ3n) is 3.74. The normalized spacial score (nSPS) is 17.6. The Morgan fingerprint density at radius 2 is 1.68 bits per heavy atom. The highest BCUT2D eigenvalue weighted by atomic mass is 16.5. The first-order chi connectivity index (χ1) is 9.33. The molecule has 1 saturated heterocycles. The molecule has 1 aliphatic rings. The molecule has 0 aliphatic carbocycles. The van der Waals surface area contributed by atoms with E-state index in [1.54, 1.807) is 0 Å². The van der Waals surface area contributed by atoms with Gasteiger partial charge in [0.15, 0.2) is 0 Å². The van der Waals surface area contributed by atoms with Crippen LogP contribution in [0, 0.1) is 0 Å². The number of para-hydroxylation sites is 1. The highest BCUT2D eigenvalue weighted by Crippen LogP contribution is 2.20. The van der Waals surface area contributed by atoms with Crippen LogP contribution in [0.25, 0.3) is 0 Å². The molecular formula is C16H26N2O. The van der Waals surface area contributed by atoms with Crippen LogP contribution in [0.15, 0.2) is 24.3 Å². The molecule has 0 N–H and O–H groups in total. The van der Waals surface area contributed by atoms with Gasteiger partial charge in [0.1, 0.15) is 5.75 Å². The Morgan fingerprint density at radius 3 is 2.37 bits per heavy atom. The van der Waals surface area contributed by atoms with Gasteiger partial charge in [0, 0.05) is 38.3 Å². The highest BCUT2D eigenvalue weighted by Gasteiger charge is 2.16. The predicted molar refractivity (Wildman–Crippen MR) is 79.6 cm³/mol. The molecule has 1 aromatic carbocycles. The van der Waals surface area contributed by atoms with Gasteiger partial charge in [-0.3, -0.25) is 4.90 Å². The third-order valence-corrected chi connectivity index (χ3v) is 3.74. The molecular weight excluding hydrogens is 236 g/mol. The van der Waals surface area contributed by atoms with Crippen LogP contribution in [0.4, 0.5) is 0 Å². The number of hydrogen-bond acceptors (Lipinski definition) is 3. The molecule has 0 saturated carbocycles. The van der Waals surface area contributed by atoms with Gasteiger partial charge >= 0.3 is 0 Å². The van der Waals surface area contributed by atoms with E-state index in [9.17, 15) is 0 Å². The van der Waals surface area contributed by atoms with Gasteiger partial charge in [-0.05, 0) is 19.0 Å². The number of rotatable bonds is 6. The van der Waals surface area contributed by atoms with Crippen LogP contribution in [0.5, 0.6) is 5.75 Å². The zero-order valence-corrected chi connectivity index (χ0v) is 12.3. The van der Waals surface area contributed by atoms with Crippen molar-refractivity contribution in [1.29, 1.82) is 0 Å². The Hall–Kier alpha value is -1.06. The summed E-state index contributed by atoms with van der Waals surface area (Å²) >= 11 is 0. The van der Waals surface area contributed by atoms with Crippen molar-refractivity contribution < 1.29 is 4.74 Å². The molecule has 0 aromatic heterocycles. The van der Waals surface area contributed by atoms with Crippen LogP contribution in [0.3, 0.4) is 0 Å². The maximum atomic E-state index is 5.83. The first-order valence-electron chi connectivity index (χ1n) is 7.49. The van der Waals surface area contributed by atoms with Crippen molar-refractivity contribution in [3.63, 3.8) is 0 Å². The van der Waals surface area contributed by atoms with Crippen molar-refractivity contribution in [1.82, 2.24) is 9.80 Å². The molecule has 0 unspecified atom stereocenters. The Bertz CT molecular complexity index is 373. The van der Waals surface area contributed by atoms with Gasteiger partial charge in [-0.15, -0.1) is 0 Å². The molecule has 1 aliphatic heterocycles. The van der Waals surface area contributed by atoms with Gasteiger partial charge in [-0.2, -0.15) is 0 Å². The van der Waals surface area contributed by atoms with E-state index in [2.05, 4.69) is 47.9 Å². The number of hydrogen-bond donors (Lipinski definition) is 0. The van der Waals surface area contributed by atoms with Gasteiger partial charge < -0.3 is 9.64 Å². The van der Waals surface area contributed by atoms with Gasteiger partial charge in [-0.25, -0.2) is 0 Å². The topological polar surface area (TPSA) is 15.7 Å². The lowest BCUT2D eigenvalue weighted by Gasteiger charge is -2.34. The van der Waals surface area contributed by atoms with Crippen molar-refractivity contribution in [2.45, 2.75) is 26.8 Å². The minimum absolute atomic E-state index is 0.806. The molecule has 0 bridgehead atoms. The van der Waals surface area contributed by atoms with Gasteiger partial charge in [0.05, 0.1) is 6.61 Å². The van der Waals surface area contributed by atoms with Crippen LogP contribution < -0.4 is 4.74 Å². The lowest BCUT2D eigenvalue weighted by Crippen LogP contribution is -2.45. The zero-order valence-electron chi connectivity index (χ0n) is 12.3. The zero-order chi connectivity index (χ0) is 13.5. The lowest BCUT2D eigenvalue weighted by atomic mass is 10.1. The number of likely N-dealkylation sites (N-methyl/N-ethyl adjacent to an activating group) is 1. The summed E-state index contributed by atoms with van der Waals surface area (Å²) in [6, 6.07) is 8.45. The van der Waals surface area contributed by atoms with E-state index >= 15 is 0 Å². The summed E-state index contributed by atoms with van der Waals surface area (Å²) in [6.07, 6.45) is 1.06. The summed E-state index contributed by atoms with van der Waals surface area (Å²) in [5, 5.41) is 0. The van der Waals surface area contributed by atoms with Crippen molar-refractivity contribution in [3.8, 4) is 5.75 Å². The monoisotopic (exact) mass is 262 g/mol. The molecule has 19 heavy (non-hydrogen) atoms. The maximum absolute atomic E-state index is 5.83. The SMILES string of the molecule is CCCOc1ccccc1CN1CCN(CC)CC1. The van der Waals surface area contributed by atoms with Crippen LogP contribution in [0.2, 0.25) is 0 Å². The van der Waals surface area contributed by atoms with Crippen molar-refractivity contribution >= 4 is 0 Å². The first kappa shape index (κ1) is 14.4. The predicted octanol–water partition coefficient (Wildman–Crippen LogP) is 2.61. The van der Waals surface area contributed by atoms with Crippen molar-refractivity contribution in [2.75, 3.05) is 39.3 Å². The van der Waals surface area contributed by atoms with Crippen LogP contribution in [-0.4, -0.2) is 49.1 Å². The quantitative estimate of drug-likeness (QED) is 0.784. The van der Waals surface area contributed by atoms with E-state index in [-0.39, 0.29) is 0 Å². The van der Waals surface area contributed by atoms with Crippen LogP contribution in [0.1, 0.15) is 25.8 Å². The van der Waals surface area contributed by atoms with E-state index in [1.165, 1.54) is 25.2 Å². The Morgan fingerprint density at radius 1 is 1.00 bits per heavy atom. The fourth-order valence-corrected chi connectivity index (χ4v) is 2.49. The minimum atomic E-state index is 0.806. The second-order valence-corrected chi connectivity index (χ2v) is 5.17. The van der Waals surface area contributed by atoms with Gasteiger partial charge in [0.25, 0.3) is 0 Å². The summed E-state index contributed by atoms with van der Waals surface area (Å²) in [6.45, 7) is 12.1. The number of benzene rings is 1. The van der Waals surface area contributed by atoms with E-state index in [0.29, 0.717) is 0 Å². The molecule has 106 valence electrons. The molecule has 1 aromatic rings. The number of piperazine rings is 1. The Labute approximate surface area is 117 Å². The summed E-state index contributed by atoms with van der Waals surface area (Å²) < 4.78 is 5.83. The Kier molecular flexibility index (Phi) is 5.67. The highest BCUT2D eigenvalue weighted by molar-refractivity contribution is 5.33. The average molecular weight is 262 g/mol. The fraction of sp³-hybridized carbons (Fsp3) is 0.625. The molecule has 3 nitrogen and oxygen atoms in total. The van der Waals surface area contributed by atoms with E-state index in [1.807, 2.05) is 0 Å². The van der Waals surface area contributed by atoms with E-state index < -0.39 is 0 Å². The van der Waals surface area contributed by atoms with E-state index in [4.69, 9.17) is 4.74 Å². The number of nitrogens with zero attached hydrogens (tertiary/aromatic N) is 2. The third kappa shape index (κ3) is 4.22. The van der Waals surface area contributed by atoms with Crippen LogP contribution >= 0.6 is 0 Å². The largest absolute Gasteiger partial charge is 0.493 e. The minimum Gasteiger partial charge on any atom is -0.493 e. The van der Waals surface area contributed by atoms with Gasteiger partial charge in [0.2, 0.25) is 0 Å². The van der Waals surface area contributed by atoms with Crippen molar-refractivity contribution in [3.05, 3.63) is 29.8 Å². The van der Waals surface area contributed by atoms with E-state index in [0.717, 1.165) is 38.4 Å². The standard InChI is InChI=1S/C16H26N2O/c1-3-13-19-16-8-6-5-7-15(16)14-18-11-9-17(4-2)10-12-18/h5-8H,3-4,9-14H2,1-2H3. The first-order valence-corrected chi connectivity index (χ1v) is 7.49. The average Bonchev–Trinajstić information content (AvgIpc) is 2.47. The summed E-state index contributed by atoms with van der Waals surface area (Å²) in [5.74, 6) is 1.06. The fourth-order valence-electron chi connectivity index (χ4n) is 2.49. The smallest absolute Gasteiger partial charge is 0.123 e. The summed E-state index contributed by atoms with van der Waals surface area (Å²) in [4.78, 5) is 5.04. The summed E-state index contributed by atoms with van der Waals surface area (Å²) in [7, 11) is 0. The molecule has 0 amide bonds. The molecule has 0 atom stereocenters. The number of ether oxygens (including phenoxy) is 1. The maximum Gasteiger partial charge on any atom is 0.123 e. The molecule has 0 radical (unpaired) electrons. The molecule has 1 heterocycles. The second kappa shape index (κ2) is 7.51. The lowest BCUT2D eigenvalue weighted by molar-refractivity contribution is 0.130. The molecule has 0 spiro atoms. The van der Waals surface area contributed by atoms with Crippen molar-refractivity contribution in [2.24, 2.45) is 0 Å². The molecule has 1 fully saturated rings. The van der Waals surface area contributed by atoms with Crippen LogP contribution in [-0.2, 0) is 6.54 Å². The summed E-state index contributed by atoms with van der Waals surface area (Å²) in [5.41, 5.74) is 1.32. The Balaban J connectivity index is 1.91. The second-order valence-electron chi connectivity index (χ2n) is 5.17.